The Morgan fingerprint density at radius 3 is 2.47 bits per heavy atom. The first-order valence-corrected chi connectivity index (χ1v) is 13.0. The van der Waals surface area contributed by atoms with E-state index in [1.165, 1.54) is 7.11 Å². The van der Waals surface area contributed by atoms with Crippen LogP contribution >= 0.6 is 11.6 Å². The molecule has 1 fully saturated rings. The zero-order chi connectivity index (χ0) is 24.3. The monoisotopic (exact) mass is 505 g/mol. The quantitative estimate of drug-likeness (QED) is 0.505. The van der Waals surface area contributed by atoms with Gasteiger partial charge < -0.3 is 9.64 Å². The highest BCUT2D eigenvalue weighted by Crippen LogP contribution is 2.28. The summed E-state index contributed by atoms with van der Waals surface area (Å²) in [6.45, 7) is 5.14. The number of amides is 1. The molecule has 3 aromatic rings. The van der Waals surface area contributed by atoms with Crippen LogP contribution in [-0.2, 0) is 26.1 Å². The Kier molecular flexibility index (Phi) is 7.42. The summed E-state index contributed by atoms with van der Waals surface area (Å²) in [5.74, 6) is -0.0453. The van der Waals surface area contributed by atoms with Crippen LogP contribution in [0.25, 0.3) is 16.9 Å². The lowest BCUT2D eigenvalue weighted by Gasteiger charge is -2.34. The van der Waals surface area contributed by atoms with Crippen LogP contribution in [0.1, 0.15) is 12.6 Å². The number of hydrogen-bond donors (Lipinski definition) is 1. The highest BCUT2D eigenvalue weighted by molar-refractivity contribution is 7.92. The molecule has 4 rings (SSSR count). The van der Waals surface area contributed by atoms with Gasteiger partial charge in [-0.2, -0.15) is 0 Å². The van der Waals surface area contributed by atoms with E-state index in [2.05, 4.69) is 9.62 Å². The normalized spacial score (nSPS) is 15.1. The second kappa shape index (κ2) is 10.3. The number of pyridine rings is 1. The predicted molar refractivity (Wildman–Crippen MR) is 132 cm³/mol. The number of sulfonamides is 1. The van der Waals surface area contributed by atoms with E-state index in [0.717, 1.165) is 30.0 Å². The summed E-state index contributed by atoms with van der Waals surface area (Å²) in [5.41, 5.74) is 3.83. The molecule has 1 aliphatic heterocycles. The summed E-state index contributed by atoms with van der Waals surface area (Å²) < 4.78 is 34.2. The van der Waals surface area contributed by atoms with Crippen molar-refractivity contribution in [1.29, 1.82) is 0 Å². The molecule has 11 heteroatoms. The van der Waals surface area contributed by atoms with Gasteiger partial charge in [0.2, 0.25) is 15.9 Å². The summed E-state index contributed by atoms with van der Waals surface area (Å²) in [6, 6.07) is 11.0. The van der Waals surface area contributed by atoms with Crippen molar-refractivity contribution in [1.82, 2.24) is 19.2 Å². The SMILES string of the molecule is COCCS(=O)(=O)Nc1ccc2nc(-c3ccc(Cl)cc3)c(CN3CCN(C(C)=O)CC3)n2c1. The number of carbonyl (C=O) groups excluding carboxylic acids is 1. The first-order valence-electron chi connectivity index (χ1n) is 11.0. The number of nitrogens with zero attached hydrogens (tertiary/aromatic N) is 4. The van der Waals surface area contributed by atoms with E-state index in [4.69, 9.17) is 21.3 Å². The van der Waals surface area contributed by atoms with Crippen LogP contribution < -0.4 is 4.72 Å². The van der Waals surface area contributed by atoms with Crippen LogP contribution in [0.2, 0.25) is 5.02 Å². The lowest BCUT2D eigenvalue weighted by molar-refractivity contribution is -0.130. The third-order valence-corrected chi connectivity index (χ3v) is 7.36. The second-order valence-electron chi connectivity index (χ2n) is 8.26. The van der Waals surface area contributed by atoms with Crippen LogP contribution in [0.4, 0.5) is 5.69 Å². The molecule has 9 nitrogen and oxygen atoms in total. The first kappa shape index (κ1) is 24.5. The van der Waals surface area contributed by atoms with Crippen LogP contribution in [0, 0.1) is 0 Å². The minimum absolute atomic E-state index is 0.0849. The Hall–Kier alpha value is -2.66. The van der Waals surface area contributed by atoms with Gasteiger partial charge in [0, 0.05) is 63.5 Å². The lowest BCUT2D eigenvalue weighted by atomic mass is 10.1. The maximum Gasteiger partial charge on any atom is 0.235 e. The number of aromatic nitrogens is 2. The maximum absolute atomic E-state index is 12.4. The highest BCUT2D eigenvalue weighted by atomic mass is 35.5. The standard InChI is InChI=1S/C23H28ClN5O4S/c1-17(30)28-11-9-27(10-12-28)16-21-23(18-3-5-19(24)6-4-18)25-22-8-7-20(15-29(21)22)26-34(31,32)14-13-33-2/h3-8,15,26H,9-14,16H2,1-2H3. The molecular weight excluding hydrogens is 478 g/mol. The summed E-state index contributed by atoms with van der Waals surface area (Å²) >= 11 is 6.09. The molecule has 1 N–H and O–H groups in total. The Labute approximate surface area is 204 Å². The third-order valence-electron chi connectivity index (χ3n) is 5.86. The van der Waals surface area contributed by atoms with Crippen LogP contribution in [0.5, 0.6) is 0 Å². The Balaban J connectivity index is 1.69. The zero-order valence-electron chi connectivity index (χ0n) is 19.2. The van der Waals surface area contributed by atoms with Crippen LogP contribution in [0.3, 0.4) is 0 Å². The summed E-state index contributed by atoms with van der Waals surface area (Å²) in [5, 5.41) is 0.641. The molecule has 1 saturated heterocycles. The number of nitrogens with one attached hydrogen (secondary N) is 1. The van der Waals surface area contributed by atoms with Gasteiger partial charge in [0.1, 0.15) is 5.65 Å². The van der Waals surface area contributed by atoms with E-state index in [1.54, 1.807) is 25.3 Å². The van der Waals surface area contributed by atoms with Crippen LogP contribution in [0.15, 0.2) is 42.6 Å². The fourth-order valence-corrected chi connectivity index (χ4v) is 5.09. The number of piperazine rings is 1. The van der Waals surface area contributed by atoms with E-state index < -0.39 is 10.0 Å². The van der Waals surface area contributed by atoms with Crippen molar-refractivity contribution in [3.8, 4) is 11.3 Å². The first-order chi connectivity index (χ1) is 16.3. The fourth-order valence-electron chi connectivity index (χ4n) is 4.00. The largest absolute Gasteiger partial charge is 0.384 e. The highest BCUT2D eigenvalue weighted by Gasteiger charge is 2.23. The van der Waals surface area contributed by atoms with Crippen molar-refractivity contribution in [2.24, 2.45) is 0 Å². The molecule has 3 heterocycles. The zero-order valence-corrected chi connectivity index (χ0v) is 20.8. The minimum atomic E-state index is -3.54. The fraction of sp³-hybridized carbons (Fsp3) is 0.391. The number of rotatable bonds is 8. The molecule has 0 aliphatic carbocycles. The van der Waals surface area contributed by atoms with Crippen molar-refractivity contribution in [2.45, 2.75) is 13.5 Å². The molecule has 0 saturated carbocycles. The molecule has 0 unspecified atom stereocenters. The summed E-state index contributed by atoms with van der Waals surface area (Å²) in [6.07, 6.45) is 1.76. The number of methoxy groups -OCH3 is 1. The van der Waals surface area contributed by atoms with E-state index in [9.17, 15) is 13.2 Å². The average molecular weight is 506 g/mol. The Morgan fingerprint density at radius 1 is 1.12 bits per heavy atom. The van der Waals surface area contributed by atoms with E-state index in [1.807, 2.05) is 33.6 Å². The molecule has 1 aliphatic rings. The predicted octanol–water partition coefficient (Wildman–Crippen LogP) is 2.71. The third kappa shape index (κ3) is 5.69. The van der Waals surface area contributed by atoms with Gasteiger partial charge in [-0.3, -0.25) is 18.8 Å². The smallest absolute Gasteiger partial charge is 0.235 e. The molecule has 1 amide bonds. The van der Waals surface area contributed by atoms with E-state index >= 15 is 0 Å². The van der Waals surface area contributed by atoms with Gasteiger partial charge in [-0.05, 0) is 24.3 Å². The number of anilines is 1. The summed E-state index contributed by atoms with van der Waals surface area (Å²) in [7, 11) is -2.08. The average Bonchev–Trinajstić information content (AvgIpc) is 3.16. The molecule has 0 bridgehead atoms. The van der Waals surface area contributed by atoms with Gasteiger partial charge in [-0.25, -0.2) is 13.4 Å². The number of halogens is 1. The molecule has 0 spiro atoms. The van der Waals surface area contributed by atoms with Crippen molar-refractivity contribution in [3.63, 3.8) is 0 Å². The number of fused-ring (bicyclic) bond motifs is 1. The van der Waals surface area contributed by atoms with Gasteiger partial charge in [0.05, 0.1) is 29.4 Å². The number of hydrogen-bond acceptors (Lipinski definition) is 6. The minimum Gasteiger partial charge on any atom is -0.384 e. The summed E-state index contributed by atoms with van der Waals surface area (Å²) in [4.78, 5) is 20.7. The topological polar surface area (TPSA) is 96.2 Å². The Bertz CT molecular complexity index is 1270. The van der Waals surface area contributed by atoms with E-state index in [-0.39, 0.29) is 18.3 Å². The van der Waals surface area contributed by atoms with Crippen LogP contribution in [-0.4, -0.2) is 79.2 Å². The molecule has 34 heavy (non-hydrogen) atoms. The number of benzene rings is 1. The van der Waals surface area contributed by atoms with Gasteiger partial charge in [0.25, 0.3) is 0 Å². The van der Waals surface area contributed by atoms with Gasteiger partial charge in [-0.1, -0.05) is 23.7 Å². The molecule has 1 aromatic carbocycles. The van der Waals surface area contributed by atoms with Crippen molar-refractivity contribution in [2.75, 3.05) is 50.4 Å². The number of carbonyl (C=O) groups is 1. The maximum atomic E-state index is 12.4. The van der Waals surface area contributed by atoms with Gasteiger partial charge in [0.15, 0.2) is 0 Å². The lowest BCUT2D eigenvalue weighted by Crippen LogP contribution is -2.47. The van der Waals surface area contributed by atoms with Gasteiger partial charge in [-0.15, -0.1) is 0 Å². The van der Waals surface area contributed by atoms with Gasteiger partial charge >= 0.3 is 0 Å². The number of imidazole rings is 1. The molecule has 0 radical (unpaired) electrons. The molecule has 0 atom stereocenters. The van der Waals surface area contributed by atoms with Crippen molar-refractivity contribution in [3.05, 3.63) is 53.3 Å². The number of ether oxygens (including phenoxy) is 1. The van der Waals surface area contributed by atoms with E-state index in [0.29, 0.717) is 36.0 Å². The Morgan fingerprint density at radius 2 is 1.82 bits per heavy atom. The molecular formula is C23H28ClN5O4S. The molecule has 2 aromatic heterocycles. The molecule has 182 valence electrons. The van der Waals surface area contributed by atoms with Crippen molar-refractivity contribution < 1.29 is 17.9 Å². The van der Waals surface area contributed by atoms with Crippen molar-refractivity contribution >= 4 is 38.9 Å². The second-order valence-corrected chi connectivity index (χ2v) is 10.5.